The van der Waals surface area contributed by atoms with Crippen LogP contribution in [0.15, 0.2) is 73.6 Å². The molecule has 4 rings (SSSR count). The van der Waals surface area contributed by atoms with Gasteiger partial charge in [-0.25, -0.2) is 0 Å². The molecule has 0 bridgehead atoms. The number of carbonyl (C=O) groups excluding carboxylic acids is 2. The fraction of sp³-hybridized carbons (Fsp3) is 0.240. The maximum Gasteiger partial charge on any atom is 0.264 e. The summed E-state index contributed by atoms with van der Waals surface area (Å²) in [6, 6.07) is 15.3. The monoisotopic (exact) mass is 431 g/mol. The standard InChI is InChI=1S/C25H25N3O2S/c1-3-12-27-13-14-28(25(30)23-10-9-18(2)31-23)22(24(27)29)16-19-6-4-7-20(15-19)21-8-5-11-26-17-21/h3-11,15,17,22H,1,12-14,16H2,2H3/t22-/m0/s1. The van der Waals surface area contributed by atoms with Gasteiger partial charge in [-0.1, -0.05) is 36.4 Å². The first-order valence-corrected chi connectivity index (χ1v) is 11.1. The van der Waals surface area contributed by atoms with Crippen LogP contribution in [0.5, 0.6) is 0 Å². The van der Waals surface area contributed by atoms with E-state index in [0.717, 1.165) is 21.6 Å². The number of thiophene rings is 1. The van der Waals surface area contributed by atoms with Crippen LogP contribution in [0.4, 0.5) is 0 Å². The Balaban J connectivity index is 1.63. The minimum absolute atomic E-state index is 0.0282. The molecule has 3 aromatic rings. The zero-order valence-corrected chi connectivity index (χ0v) is 18.3. The third-order valence-corrected chi connectivity index (χ3v) is 6.48. The van der Waals surface area contributed by atoms with E-state index in [-0.39, 0.29) is 11.8 Å². The van der Waals surface area contributed by atoms with Gasteiger partial charge in [0.05, 0.1) is 4.88 Å². The van der Waals surface area contributed by atoms with Gasteiger partial charge in [-0.15, -0.1) is 17.9 Å². The molecule has 1 aliphatic rings. The molecule has 1 aromatic carbocycles. The van der Waals surface area contributed by atoms with Crippen molar-refractivity contribution in [2.75, 3.05) is 19.6 Å². The van der Waals surface area contributed by atoms with Crippen molar-refractivity contribution in [1.29, 1.82) is 0 Å². The van der Waals surface area contributed by atoms with Crippen LogP contribution in [0, 0.1) is 6.92 Å². The van der Waals surface area contributed by atoms with E-state index in [4.69, 9.17) is 0 Å². The number of piperazine rings is 1. The van der Waals surface area contributed by atoms with Crippen molar-refractivity contribution < 1.29 is 9.59 Å². The predicted molar refractivity (Wildman–Crippen MR) is 124 cm³/mol. The van der Waals surface area contributed by atoms with Crippen molar-refractivity contribution in [2.45, 2.75) is 19.4 Å². The molecule has 3 heterocycles. The number of pyridine rings is 1. The van der Waals surface area contributed by atoms with Crippen molar-refractivity contribution in [3.05, 3.63) is 88.9 Å². The first-order valence-electron chi connectivity index (χ1n) is 10.3. The minimum Gasteiger partial charge on any atom is -0.335 e. The lowest BCUT2D eigenvalue weighted by Gasteiger charge is -2.40. The molecule has 0 spiro atoms. The molecule has 0 N–H and O–H groups in total. The number of hydrogen-bond acceptors (Lipinski definition) is 4. The lowest BCUT2D eigenvalue weighted by molar-refractivity contribution is -0.139. The van der Waals surface area contributed by atoms with Crippen LogP contribution in [0.2, 0.25) is 0 Å². The molecule has 0 radical (unpaired) electrons. The van der Waals surface area contributed by atoms with E-state index in [0.29, 0.717) is 30.9 Å². The number of hydrogen-bond donors (Lipinski definition) is 0. The SMILES string of the molecule is C=CCN1CCN(C(=O)c2ccc(C)s2)[C@@H](Cc2cccc(-c3cccnc3)c2)C1=O. The fourth-order valence-corrected chi connectivity index (χ4v) is 4.77. The van der Waals surface area contributed by atoms with Crippen LogP contribution in [0.25, 0.3) is 11.1 Å². The van der Waals surface area contributed by atoms with Gasteiger partial charge in [0.2, 0.25) is 5.91 Å². The Morgan fingerprint density at radius 3 is 2.74 bits per heavy atom. The highest BCUT2D eigenvalue weighted by atomic mass is 32.1. The lowest BCUT2D eigenvalue weighted by Crippen LogP contribution is -2.59. The van der Waals surface area contributed by atoms with E-state index >= 15 is 0 Å². The zero-order valence-electron chi connectivity index (χ0n) is 17.5. The minimum atomic E-state index is -0.534. The number of aromatic nitrogens is 1. The largest absolute Gasteiger partial charge is 0.335 e. The van der Waals surface area contributed by atoms with E-state index in [1.807, 2.05) is 55.6 Å². The average Bonchev–Trinajstić information content (AvgIpc) is 3.23. The predicted octanol–water partition coefficient (Wildman–Crippen LogP) is 4.20. The van der Waals surface area contributed by atoms with Crippen molar-refractivity contribution in [1.82, 2.24) is 14.8 Å². The Hall–Kier alpha value is -3.25. The van der Waals surface area contributed by atoms with E-state index < -0.39 is 6.04 Å². The van der Waals surface area contributed by atoms with Crippen LogP contribution >= 0.6 is 11.3 Å². The molecule has 2 aromatic heterocycles. The number of nitrogens with zero attached hydrogens (tertiary/aromatic N) is 3. The summed E-state index contributed by atoms with van der Waals surface area (Å²) in [5.41, 5.74) is 3.08. The molecule has 0 unspecified atom stereocenters. The molecule has 1 atom stereocenters. The molecular weight excluding hydrogens is 406 g/mol. The van der Waals surface area contributed by atoms with Crippen LogP contribution in [-0.4, -0.2) is 52.3 Å². The number of rotatable bonds is 6. The molecular formula is C25H25N3O2S. The van der Waals surface area contributed by atoms with Gasteiger partial charge in [0.25, 0.3) is 5.91 Å². The molecule has 1 fully saturated rings. The van der Waals surface area contributed by atoms with Gasteiger partial charge in [0.1, 0.15) is 6.04 Å². The first kappa shape index (κ1) is 21.0. The van der Waals surface area contributed by atoms with Crippen LogP contribution in [0.1, 0.15) is 20.1 Å². The Morgan fingerprint density at radius 2 is 2.03 bits per heavy atom. The number of amides is 2. The van der Waals surface area contributed by atoms with Crippen LogP contribution in [0.3, 0.4) is 0 Å². The van der Waals surface area contributed by atoms with Crippen LogP contribution in [-0.2, 0) is 11.2 Å². The molecule has 31 heavy (non-hydrogen) atoms. The molecule has 6 heteroatoms. The maximum absolute atomic E-state index is 13.3. The number of benzene rings is 1. The third-order valence-electron chi connectivity index (χ3n) is 5.50. The van der Waals surface area contributed by atoms with Crippen LogP contribution < -0.4 is 0 Å². The highest BCUT2D eigenvalue weighted by Gasteiger charge is 2.37. The van der Waals surface area contributed by atoms with Gasteiger partial charge < -0.3 is 9.80 Å². The number of carbonyl (C=O) groups is 2. The highest BCUT2D eigenvalue weighted by Crippen LogP contribution is 2.25. The summed E-state index contributed by atoms with van der Waals surface area (Å²) in [4.78, 5) is 36.0. The second-order valence-electron chi connectivity index (χ2n) is 7.64. The summed E-state index contributed by atoms with van der Waals surface area (Å²) in [6.07, 6.45) is 5.78. The maximum atomic E-state index is 13.3. The van der Waals surface area contributed by atoms with E-state index in [1.54, 1.807) is 22.1 Å². The topological polar surface area (TPSA) is 53.5 Å². The van der Waals surface area contributed by atoms with E-state index in [2.05, 4.69) is 17.6 Å². The molecule has 0 saturated carbocycles. The van der Waals surface area contributed by atoms with Crippen molar-refractivity contribution >= 4 is 23.2 Å². The van der Waals surface area contributed by atoms with Gasteiger partial charge in [-0.2, -0.15) is 0 Å². The van der Waals surface area contributed by atoms with Crippen molar-refractivity contribution in [2.24, 2.45) is 0 Å². The molecule has 0 aliphatic carbocycles. The molecule has 1 aliphatic heterocycles. The summed E-state index contributed by atoms with van der Waals surface area (Å²) in [5, 5.41) is 0. The average molecular weight is 432 g/mol. The Bertz CT molecular complexity index is 1090. The summed E-state index contributed by atoms with van der Waals surface area (Å²) >= 11 is 1.47. The second kappa shape index (κ2) is 9.27. The van der Waals surface area contributed by atoms with Gasteiger partial charge in [-0.3, -0.25) is 14.6 Å². The second-order valence-corrected chi connectivity index (χ2v) is 8.93. The molecule has 158 valence electrons. The normalized spacial score (nSPS) is 16.4. The lowest BCUT2D eigenvalue weighted by atomic mass is 9.97. The van der Waals surface area contributed by atoms with Gasteiger partial charge in [-0.05, 0) is 41.8 Å². The number of aryl methyl sites for hydroxylation is 1. The third kappa shape index (κ3) is 4.59. The van der Waals surface area contributed by atoms with Gasteiger partial charge in [0.15, 0.2) is 0 Å². The quantitative estimate of drug-likeness (QED) is 0.550. The van der Waals surface area contributed by atoms with Gasteiger partial charge >= 0.3 is 0 Å². The Labute approximate surface area is 186 Å². The van der Waals surface area contributed by atoms with Crippen molar-refractivity contribution in [3.8, 4) is 11.1 Å². The molecule has 2 amide bonds. The summed E-state index contributed by atoms with van der Waals surface area (Å²) in [7, 11) is 0. The Morgan fingerprint density at radius 1 is 1.19 bits per heavy atom. The fourth-order valence-electron chi connectivity index (χ4n) is 3.94. The van der Waals surface area contributed by atoms with E-state index in [9.17, 15) is 9.59 Å². The first-order chi connectivity index (χ1) is 15.1. The van der Waals surface area contributed by atoms with Crippen molar-refractivity contribution in [3.63, 3.8) is 0 Å². The Kier molecular flexibility index (Phi) is 6.28. The summed E-state index contributed by atoms with van der Waals surface area (Å²) in [6.45, 7) is 7.28. The van der Waals surface area contributed by atoms with Gasteiger partial charge in [0, 0.05) is 43.3 Å². The summed E-state index contributed by atoms with van der Waals surface area (Å²) < 4.78 is 0. The summed E-state index contributed by atoms with van der Waals surface area (Å²) in [5.74, 6) is -0.0994. The van der Waals surface area contributed by atoms with E-state index in [1.165, 1.54) is 11.3 Å². The smallest absolute Gasteiger partial charge is 0.264 e. The molecule has 5 nitrogen and oxygen atoms in total. The highest BCUT2D eigenvalue weighted by molar-refractivity contribution is 7.13. The zero-order chi connectivity index (χ0) is 21.8. The molecule has 1 saturated heterocycles.